The first-order valence-electron chi connectivity index (χ1n) is 14.3. The van der Waals surface area contributed by atoms with Crippen LogP contribution in [0.5, 0.6) is 17.2 Å². The number of para-hydroxylation sites is 1. The topological polar surface area (TPSA) is 94.1 Å². The van der Waals surface area contributed by atoms with Crippen LogP contribution in [-0.4, -0.2) is 17.0 Å². The van der Waals surface area contributed by atoms with E-state index in [9.17, 15) is 14.7 Å². The molecule has 5 aromatic carbocycles. The fourth-order valence-corrected chi connectivity index (χ4v) is 4.56. The highest BCUT2D eigenvalue weighted by Gasteiger charge is 2.21. The first-order chi connectivity index (χ1) is 21.5. The van der Waals surface area contributed by atoms with Crippen molar-refractivity contribution >= 4 is 11.9 Å². The zero-order valence-corrected chi connectivity index (χ0v) is 24.1. The van der Waals surface area contributed by atoms with E-state index in [-0.39, 0.29) is 13.0 Å². The molecule has 44 heavy (non-hydrogen) atoms. The van der Waals surface area contributed by atoms with E-state index in [1.807, 2.05) is 84.9 Å². The van der Waals surface area contributed by atoms with Crippen LogP contribution in [0.1, 0.15) is 45.1 Å². The molecule has 7 heteroatoms. The largest absolute Gasteiger partial charge is 0.489 e. The van der Waals surface area contributed by atoms with Gasteiger partial charge in [-0.05, 0) is 58.7 Å². The van der Waals surface area contributed by atoms with Crippen molar-refractivity contribution in [2.45, 2.75) is 32.3 Å². The molecule has 0 aromatic heterocycles. The van der Waals surface area contributed by atoms with E-state index in [4.69, 9.17) is 14.2 Å². The number of carboxylic acids is 1. The average Bonchev–Trinajstić information content (AvgIpc) is 3.07. The molecule has 0 heterocycles. The number of amides is 1. The third-order valence-electron chi connectivity index (χ3n) is 6.91. The summed E-state index contributed by atoms with van der Waals surface area (Å²) < 4.78 is 17.7. The summed E-state index contributed by atoms with van der Waals surface area (Å²) in [4.78, 5) is 25.1. The van der Waals surface area contributed by atoms with Gasteiger partial charge in [-0.1, -0.05) is 97.1 Å². The van der Waals surface area contributed by atoms with E-state index in [2.05, 4.69) is 5.32 Å². The van der Waals surface area contributed by atoms with E-state index in [1.165, 1.54) is 0 Å². The van der Waals surface area contributed by atoms with Crippen LogP contribution < -0.4 is 19.5 Å². The van der Waals surface area contributed by atoms with Gasteiger partial charge < -0.3 is 24.6 Å². The van der Waals surface area contributed by atoms with Crippen LogP contribution in [0.3, 0.4) is 0 Å². The SMILES string of the molecule is O=C(O)CC(NC(=O)c1ccccc1OCc1ccc(OCc2ccccc2)cc1)c1ccc(OCc2ccccc2)cc1. The molecule has 5 rings (SSSR count). The quantitative estimate of drug-likeness (QED) is 0.141. The Labute approximate surface area is 256 Å². The molecule has 0 aliphatic carbocycles. The third-order valence-corrected chi connectivity index (χ3v) is 6.91. The van der Waals surface area contributed by atoms with Gasteiger partial charge in [-0.15, -0.1) is 0 Å². The van der Waals surface area contributed by atoms with Crippen LogP contribution in [0.15, 0.2) is 133 Å². The monoisotopic (exact) mass is 587 g/mol. The van der Waals surface area contributed by atoms with Crippen LogP contribution in [0.2, 0.25) is 0 Å². The third kappa shape index (κ3) is 8.72. The standard InChI is InChI=1S/C37H33NO6/c39-36(40)23-34(30-17-21-32(22-18-30)43-25-28-11-5-2-6-12-28)38-37(41)33-13-7-8-14-35(33)44-26-29-15-19-31(20-16-29)42-24-27-9-3-1-4-10-27/h1-22,34H,23-26H2,(H,38,41)(H,39,40). The molecule has 1 atom stereocenters. The first kappa shape index (κ1) is 29.9. The summed E-state index contributed by atoms with van der Waals surface area (Å²) in [6, 6.07) is 40.6. The molecule has 222 valence electrons. The highest BCUT2D eigenvalue weighted by molar-refractivity contribution is 5.97. The molecule has 7 nitrogen and oxygen atoms in total. The number of ether oxygens (including phenoxy) is 3. The van der Waals surface area contributed by atoms with Crippen molar-refractivity contribution in [2.24, 2.45) is 0 Å². The maximum absolute atomic E-state index is 13.4. The molecule has 0 saturated heterocycles. The van der Waals surface area contributed by atoms with Gasteiger partial charge in [0.15, 0.2) is 0 Å². The van der Waals surface area contributed by atoms with E-state index >= 15 is 0 Å². The highest BCUT2D eigenvalue weighted by Crippen LogP contribution is 2.25. The lowest BCUT2D eigenvalue weighted by atomic mass is 10.0. The van der Waals surface area contributed by atoms with Crippen molar-refractivity contribution in [1.82, 2.24) is 5.32 Å². The Kier molecular flexibility index (Phi) is 10.2. The predicted molar refractivity (Wildman–Crippen MR) is 168 cm³/mol. The van der Waals surface area contributed by atoms with Crippen LogP contribution >= 0.6 is 0 Å². The lowest BCUT2D eigenvalue weighted by molar-refractivity contribution is -0.137. The first-order valence-corrected chi connectivity index (χ1v) is 14.3. The Balaban J connectivity index is 1.19. The van der Waals surface area contributed by atoms with Crippen molar-refractivity contribution in [3.63, 3.8) is 0 Å². The van der Waals surface area contributed by atoms with Crippen molar-refractivity contribution in [1.29, 1.82) is 0 Å². The van der Waals surface area contributed by atoms with Gasteiger partial charge in [0.2, 0.25) is 0 Å². The maximum atomic E-state index is 13.4. The van der Waals surface area contributed by atoms with Crippen molar-refractivity contribution in [3.8, 4) is 17.2 Å². The second-order valence-electron chi connectivity index (χ2n) is 10.2. The highest BCUT2D eigenvalue weighted by atomic mass is 16.5. The van der Waals surface area contributed by atoms with Gasteiger partial charge in [0.1, 0.15) is 37.1 Å². The molecular weight excluding hydrogens is 554 g/mol. The van der Waals surface area contributed by atoms with Crippen molar-refractivity contribution < 1.29 is 28.9 Å². The second kappa shape index (κ2) is 15.1. The number of hydrogen-bond donors (Lipinski definition) is 2. The van der Waals surface area contributed by atoms with Crippen molar-refractivity contribution in [2.75, 3.05) is 0 Å². The Morgan fingerprint density at radius 3 is 1.61 bits per heavy atom. The molecular formula is C37H33NO6. The van der Waals surface area contributed by atoms with Gasteiger partial charge >= 0.3 is 5.97 Å². The number of hydrogen-bond acceptors (Lipinski definition) is 5. The normalized spacial score (nSPS) is 11.3. The minimum absolute atomic E-state index is 0.242. The number of benzene rings is 5. The van der Waals surface area contributed by atoms with Gasteiger partial charge in [-0.2, -0.15) is 0 Å². The maximum Gasteiger partial charge on any atom is 0.305 e. The Hall–Kier alpha value is -5.56. The summed E-state index contributed by atoms with van der Waals surface area (Å²) >= 11 is 0. The fourth-order valence-electron chi connectivity index (χ4n) is 4.56. The Morgan fingerprint density at radius 2 is 1.05 bits per heavy atom. The summed E-state index contributed by atoms with van der Waals surface area (Å²) in [6.45, 7) is 1.14. The number of carbonyl (C=O) groups excluding carboxylic acids is 1. The van der Waals surface area contributed by atoms with Gasteiger partial charge in [-0.25, -0.2) is 0 Å². The molecule has 0 bridgehead atoms. The Morgan fingerprint density at radius 1 is 0.568 bits per heavy atom. The number of nitrogens with one attached hydrogen (secondary N) is 1. The second-order valence-corrected chi connectivity index (χ2v) is 10.2. The predicted octanol–water partition coefficient (Wildman–Crippen LogP) is 7.37. The molecule has 0 fully saturated rings. The molecule has 0 radical (unpaired) electrons. The van der Waals surface area contributed by atoms with E-state index in [1.54, 1.807) is 48.5 Å². The average molecular weight is 588 g/mol. The summed E-state index contributed by atoms with van der Waals surface area (Å²) in [7, 11) is 0. The minimum atomic E-state index is -1.03. The fraction of sp³-hybridized carbons (Fsp3) is 0.135. The molecule has 0 spiro atoms. The van der Waals surface area contributed by atoms with Crippen LogP contribution in [0.25, 0.3) is 0 Å². The molecule has 0 aliphatic heterocycles. The molecule has 2 N–H and O–H groups in total. The summed E-state index contributed by atoms with van der Waals surface area (Å²) in [5, 5.41) is 12.4. The molecule has 1 unspecified atom stereocenters. The lowest BCUT2D eigenvalue weighted by Crippen LogP contribution is -2.30. The lowest BCUT2D eigenvalue weighted by Gasteiger charge is -2.19. The Bertz CT molecular complexity index is 1640. The van der Waals surface area contributed by atoms with E-state index in [0.717, 1.165) is 22.4 Å². The number of carboxylic acid groups (broad SMARTS) is 1. The van der Waals surface area contributed by atoms with E-state index < -0.39 is 17.9 Å². The molecule has 0 saturated carbocycles. The number of rotatable bonds is 14. The minimum Gasteiger partial charge on any atom is -0.489 e. The van der Waals surface area contributed by atoms with Gasteiger partial charge in [0, 0.05) is 0 Å². The molecule has 1 amide bonds. The molecule has 5 aromatic rings. The van der Waals surface area contributed by atoms with Crippen molar-refractivity contribution in [3.05, 3.63) is 161 Å². The summed E-state index contributed by atoms with van der Waals surface area (Å²) in [5.41, 5.74) is 4.00. The molecule has 0 aliphatic rings. The summed E-state index contributed by atoms with van der Waals surface area (Å²) in [6.07, 6.45) is -0.280. The number of aliphatic carboxylic acids is 1. The smallest absolute Gasteiger partial charge is 0.305 e. The number of carbonyl (C=O) groups is 2. The van der Waals surface area contributed by atoms with E-state index in [0.29, 0.717) is 35.8 Å². The van der Waals surface area contributed by atoms with Gasteiger partial charge in [0.05, 0.1) is 18.0 Å². The van der Waals surface area contributed by atoms with Crippen LogP contribution in [0, 0.1) is 0 Å². The van der Waals surface area contributed by atoms with Crippen LogP contribution in [0.4, 0.5) is 0 Å². The van der Waals surface area contributed by atoms with Gasteiger partial charge in [0.25, 0.3) is 5.91 Å². The summed E-state index contributed by atoms with van der Waals surface area (Å²) in [5.74, 6) is 0.333. The van der Waals surface area contributed by atoms with Gasteiger partial charge in [-0.3, -0.25) is 9.59 Å². The zero-order chi connectivity index (χ0) is 30.6. The zero-order valence-electron chi connectivity index (χ0n) is 24.1. The van der Waals surface area contributed by atoms with Crippen LogP contribution in [-0.2, 0) is 24.6 Å².